The molecule has 0 bridgehead atoms. The van der Waals surface area contributed by atoms with E-state index in [1.165, 1.54) is 78.6 Å². The zero-order valence-electron chi connectivity index (χ0n) is 87.5. The Hall–Kier alpha value is -11.2. The summed E-state index contributed by atoms with van der Waals surface area (Å²) in [5, 5.41) is 0.646. The normalized spacial score (nSPS) is 23.4. The van der Waals surface area contributed by atoms with Crippen molar-refractivity contribution in [1.29, 1.82) is 0 Å². The van der Waals surface area contributed by atoms with E-state index in [-0.39, 0.29) is 125 Å². The monoisotopic (exact) mass is 2050 g/mol. The van der Waals surface area contributed by atoms with Crippen LogP contribution in [0.1, 0.15) is 357 Å². The summed E-state index contributed by atoms with van der Waals surface area (Å²) in [6, 6.07) is 44.1. The van der Waals surface area contributed by atoms with Crippen LogP contribution in [0.2, 0.25) is 5.02 Å². The van der Waals surface area contributed by atoms with Gasteiger partial charge in [0.25, 0.3) is 35.4 Å². The molecule has 0 radical (unpaired) electrons. The molecule has 6 amide bonds. The van der Waals surface area contributed by atoms with Crippen molar-refractivity contribution in [2.24, 2.45) is 35.5 Å². The highest BCUT2D eigenvalue weighted by atomic mass is 35.5. The lowest BCUT2D eigenvalue weighted by molar-refractivity contribution is -0.143. The van der Waals surface area contributed by atoms with Gasteiger partial charge in [0.15, 0.2) is 0 Å². The first kappa shape index (κ1) is 113. The Morgan fingerprint density at radius 3 is 0.714 bits per heavy atom. The second-order valence-corrected chi connectivity index (χ2v) is 43.3. The maximum Gasteiger partial charge on any atom is 0.305 e. The number of esters is 6. The van der Waals surface area contributed by atoms with E-state index in [0.717, 1.165) is 248 Å². The molecule has 0 aliphatic heterocycles. The largest absolute Gasteiger partial charge is 0.497 e. The van der Waals surface area contributed by atoms with Gasteiger partial charge in [-0.15, -0.1) is 0 Å². The fraction of sp³-hybridized carbons (Fsp3) is 0.593. The van der Waals surface area contributed by atoms with Crippen LogP contribution in [0.15, 0.2) is 146 Å². The van der Waals surface area contributed by atoms with Crippen LogP contribution in [0.3, 0.4) is 0 Å². The van der Waals surface area contributed by atoms with Gasteiger partial charge in [0.05, 0.1) is 55.3 Å². The van der Waals surface area contributed by atoms with E-state index in [1.807, 2.05) is 63.2 Å². The lowest BCUT2D eigenvalue weighted by Crippen LogP contribution is -2.44. The molecule has 0 aromatic heterocycles. The van der Waals surface area contributed by atoms with Crippen LogP contribution in [0.4, 0.5) is 13.2 Å². The summed E-state index contributed by atoms with van der Waals surface area (Å²) < 4.78 is 74.3. The molecule has 29 heteroatoms. The van der Waals surface area contributed by atoms with Gasteiger partial charge >= 0.3 is 35.8 Å². The van der Waals surface area contributed by atoms with Crippen LogP contribution in [0, 0.1) is 53.0 Å². The molecular weight excluding hydrogens is 1900 g/mol. The minimum Gasteiger partial charge on any atom is -0.497 e. The highest BCUT2D eigenvalue weighted by Gasteiger charge is 2.47. The van der Waals surface area contributed by atoms with Crippen molar-refractivity contribution < 1.29 is 104 Å². The van der Waals surface area contributed by atoms with E-state index in [9.17, 15) is 70.7 Å². The van der Waals surface area contributed by atoms with E-state index < -0.39 is 5.82 Å². The number of amides is 6. The lowest BCUT2D eigenvalue weighted by Gasteiger charge is -2.37. The number of nitrogens with zero attached hydrogens (tertiary/aromatic N) is 6. The smallest absolute Gasteiger partial charge is 0.305 e. The fourth-order valence-electron chi connectivity index (χ4n) is 22.6. The Morgan fingerprint density at radius 2 is 0.483 bits per heavy atom. The third-order valence-corrected chi connectivity index (χ3v) is 32.2. The average Bonchev–Trinajstić information content (AvgIpc) is 1.68. The van der Waals surface area contributed by atoms with Gasteiger partial charge in [0.1, 0.15) is 23.2 Å². The predicted molar refractivity (Wildman–Crippen MR) is 554 cm³/mol. The quantitative estimate of drug-likeness (QED) is 0.0280. The highest BCUT2D eigenvalue weighted by Crippen LogP contribution is 2.46. The number of hydrogen-bond donors (Lipinski definition) is 0. The number of carbonyl (C=O) groups excluding carboxylic acids is 12. The van der Waals surface area contributed by atoms with Crippen LogP contribution in [-0.4, -0.2) is 223 Å². The second-order valence-electron chi connectivity index (χ2n) is 42.9. The van der Waals surface area contributed by atoms with Gasteiger partial charge in [-0.05, 0) is 393 Å². The molecule has 12 aliphatic rings. The Bertz CT molecular complexity index is 5200. The van der Waals surface area contributed by atoms with E-state index in [1.54, 1.807) is 61.7 Å². The molecule has 6 aromatic rings. The summed E-state index contributed by atoms with van der Waals surface area (Å²) in [5.41, 5.74) is 4.66. The molecule has 12 saturated carbocycles. The SMILES string of the molecule is COC(=O)CC1CCC(N(C(=O)c2ccc(C(C)C)cc2)C2CC2)CC1.COC(=O)CC1CCC(N(C(=O)c2ccc(Cl)cc2)C2CC2)CC1.COC(=O)CC1CCC(N(C(=O)c2ccc(F)cc2)C2CC2)CC1.COC(=O)CC1CCC(N(C(=O)c2ccc(OC)cc2)C2CC2)CC1.COC(=O)CC1CCC(N(C(=O)c2cccc(F)c2)C2CC2)CC1.COC(=O)CC1CCC(N(C(=O)c2ccccc2F)C2CC2)CC1. The lowest BCUT2D eigenvalue weighted by atomic mass is 9.83. The van der Waals surface area contributed by atoms with E-state index >= 15 is 0 Å². The van der Waals surface area contributed by atoms with Crippen molar-refractivity contribution in [2.75, 3.05) is 49.8 Å². The summed E-state index contributed by atoms with van der Waals surface area (Å²) >= 11 is 5.93. The summed E-state index contributed by atoms with van der Waals surface area (Å²) in [6.45, 7) is 4.33. The zero-order valence-corrected chi connectivity index (χ0v) is 88.2. The average molecular weight is 2050 g/mol. The van der Waals surface area contributed by atoms with Gasteiger partial charge in [-0.3, -0.25) is 57.5 Å². The number of methoxy groups -OCH3 is 7. The molecule has 25 nitrogen and oxygen atoms in total. The molecule has 798 valence electrons. The first-order valence-corrected chi connectivity index (χ1v) is 54.5. The Morgan fingerprint density at radius 1 is 0.259 bits per heavy atom. The van der Waals surface area contributed by atoms with Crippen LogP contribution >= 0.6 is 11.6 Å². The minimum atomic E-state index is -0.451. The molecule has 6 aromatic carbocycles. The Kier molecular flexibility index (Phi) is 42.6. The fourth-order valence-corrected chi connectivity index (χ4v) is 22.8. The molecule has 0 unspecified atom stereocenters. The van der Waals surface area contributed by atoms with Crippen LogP contribution < -0.4 is 4.74 Å². The zero-order chi connectivity index (χ0) is 105. The summed E-state index contributed by atoms with van der Waals surface area (Å²) in [5.74, 6) is 1.63. The molecule has 0 spiro atoms. The minimum absolute atomic E-state index is 0.00826. The molecule has 0 saturated heterocycles. The number of carbonyl (C=O) groups is 12. The first-order valence-electron chi connectivity index (χ1n) is 54.1. The summed E-state index contributed by atoms with van der Waals surface area (Å²) in [6.07, 6.45) is 38.5. The first-order chi connectivity index (χ1) is 70.9. The van der Waals surface area contributed by atoms with Gasteiger partial charge in [0.2, 0.25) is 0 Å². The van der Waals surface area contributed by atoms with E-state index in [0.29, 0.717) is 138 Å². The number of benzene rings is 6. The predicted octanol–water partition coefficient (Wildman–Crippen LogP) is 22.7. The number of halogens is 4. The molecular formula is C118H154ClF3N6O19. The third kappa shape index (κ3) is 33.7. The maximum absolute atomic E-state index is 14.0. The Labute approximate surface area is 871 Å². The van der Waals surface area contributed by atoms with Crippen LogP contribution in [0.25, 0.3) is 0 Å². The summed E-state index contributed by atoms with van der Waals surface area (Å²) in [7, 11) is 10.2. The van der Waals surface area contributed by atoms with E-state index in [4.69, 9.17) is 44.8 Å². The highest BCUT2D eigenvalue weighted by molar-refractivity contribution is 6.30. The van der Waals surface area contributed by atoms with Crippen molar-refractivity contribution >= 4 is 82.9 Å². The van der Waals surface area contributed by atoms with E-state index in [2.05, 4.69) is 40.7 Å². The topological polar surface area (TPSA) is 289 Å². The van der Waals surface area contributed by atoms with Crippen molar-refractivity contribution in [3.8, 4) is 5.75 Å². The standard InChI is InChI=1S/C22H31NO3.C20H27NO4.C19H24ClNO3.3C19H24FNO3/c1-15(2)17-6-8-18(9-7-17)22(25)23(20-12-13-20)19-10-4-16(5-11-19)14-21(24)26-3;1-24-18-11-5-15(6-12-18)20(23)21(17-9-10-17)16-7-3-14(4-8-16)13-19(22)25-2;2*1-24-18(22)12-13-2-8-16(9-3-13)21(17-10-11-17)19(23)14-4-6-15(20)7-5-14;1-24-18(22)11-13-5-7-16(8-6-13)21(17-9-10-17)19(23)14-3-2-4-15(20)12-14;1-24-18(22)12-13-6-8-14(9-7-13)21(15-10-11-15)19(23)16-4-2-3-5-17(16)20/h6-9,15-16,19-20H,4-5,10-14H2,1-3H3;5-6,11-12,14,16-17H,3-4,7-10,13H2,1-2H3;2*4-7,13,16-17H,2-3,8-12H2,1H3;2-4,12-13,16-17H,5-11H2,1H3;2-5,13-15H,6-12H2,1H3. The summed E-state index contributed by atoms with van der Waals surface area (Å²) in [4.78, 5) is 159. The van der Waals surface area contributed by atoms with Crippen LogP contribution in [-0.2, 0) is 57.2 Å². The number of ether oxygens (including phenoxy) is 7. The maximum atomic E-state index is 14.0. The molecule has 0 atom stereocenters. The Balaban J connectivity index is 0.000000147. The van der Waals surface area contributed by atoms with Gasteiger partial charge in [-0.2, -0.15) is 0 Å². The molecule has 18 rings (SSSR count). The number of hydrogen-bond acceptors (Lipinski definition) is 19. The molecule has 147 heavy (non-hydrogen) atoms. The van der Waals surface area contributed by atoms with Gasteiger partial charge in [0, 0.05) is 144 Å². The second kappa shape index (κ2) is 55.4. The third-order valence-electron chi connectivity index (χ3n) is 31.9. The van der Waals surface area contributed by atoms with Crippen molar-refractivity contribution in [3.05, 3.63) is 207 Å². The molecule has 12 fully saturated rings. The van der Waals surface area contributed by atoms with Gasteiger partial charge in [-0.25, -0.2) is 13.2 Å². The molecule has 0 N–H and O–H groups in total. The van der Waals surface area contributed by atoms with Crippen molar-refractivity contribution in [2.45, 2.75) is 362 Å². The molecule has 0 heterocycles. The van der Waals surface area contributed by atoms with Crippen molar-refractivity contribution in [3.63, 3.8) is 0 Å². The van der Waals surface area contributed by atoms with Crippen molar-refractivity contribution in [1.82, 2.24) is 29.4 Å². The van der Waals surface area contributed by atoms with Gasteiger partial charge in [-0.1, -0.05) is 55.8 Å². The number of rotatable bonds is 32. The van der Waals surface area contributed by atoms with Gasteiger partial charge < -0.3 is 62.6 Å². The molecule has 12 aliphatic carbocycles. The van der Waals surface area contributed by atoms with Crippen LogP contribution in [0.5, 0.6) is 5.75 Å².